The quantitative estimate of drug-likeness (QED) is 0.761. The van der Waals surface area contributed by atoms with Gasteiger partial charge in [0, 0.05) is 13.7 Å². The highest BCUT2D eigenvalue weighted by Gasteiger charge is 2.27. The molecular formula is C13H22N2O2. The molecule has 4 heteroatoms. The second-order valence-electron chi connectivity index (χ2n) is 4.10. The van der Waals surface area contributed by atoms with Crippen molar-refractivity contribution in [3.8, 4) is 5.75 Å². The van der Waals surface area contributed by atoms with E-state index in [0.717, 1.165) is 17.9 Å². The summed E-state index contributed by atoms with van der Waals surface area (Å²) in [6.07, 6.45) is 0.884. The molecular weight excluding hydrogens is 216 g/mol. The van der Waals surface area contributed by atoms with Gasteiger partial charge in [0.25, 0.3) is 0 Å². The number of hydrogen-bond donors (Lipinski definition) is 2. The second kappa shape index (κ2) is 6.47. The van der Waals surface area contributed by atoms with Crippen LogP contribution in [0, 0.1) is 0 Å². The third-order valence-electron chi connectivity index (χ3n) is 2.99. The molecule has 1 aromatic carbocycles. The Morgan fingerprint density at radius 2 is 2.00 bits per heavy atom. The molecule has 0 aromatic heterocycles. The van der Waals surface area contributed by atoms with Gasteiger partial charge in [-0.3, -0.25) is 0 Å². The molecule has 0 saturated carbocycles. The first kappa shape index (κ1) is 13.8. The van der Waals surface area contributed by atoms with Crippen LogP contribution in [-0.2, 0) is 4.74 Å². The van der Waals surface area contributed by atoms with E-state index in [2.05, 4.69) is 12.2 Å². The summed E-state index contributed by atoms with van der Waals surface area (Å²) in [5.74, 6) is 0.815. The Kier molecular flexibility index (Phi) is 5.25. The predicted octanol–water partition coefficient (Wildman–Crippen LogP) is 1.86. The number of para-hydroxylation sites is 2. The van der Waals surface area contributed by atoms with Crippen LogP contribution in [0.2, 0.25) is 0 Å². The van der Waals surface area contributed by atoms with Gasteiger partial charge in [-0.25, -0.2) is 0 Å². The van der Waals surface area contributed by atoms with Gasteiger partial charge in [0.05, 0.1) is 24.9 Å². The van der Waals surface area contributed by atoms with Crippen LogP contribution in [-0.4, -0.2) is 32.9 Å². The maximum Gasteiger partial charge on any atom is 0.141 e. The molecule has 3 N–H and O–H groups in total. The molecule has 1 unspecified atom stereocenters. The first-order chi connectivity index (χ1) is 8.21. The fourth-order valence-electron chi connectivity index (χ4n) is 1.79. The summed E-state index contributed by atoms with van der Waals surface area (Å²) in [4.78, 5) is 0. The molecule has 0 aliphatic rings. The van der Waals surface area contributed by atoms with Crippen LogP contribution in [0.15, 0.2) is 24.3 Å². The lowest BCUT2D eigenvalue weighted by Crippen LogP contribution is -2.48. The first-order valence-electron chi connectivity index (χ1n) is 5.81. The van der Waals surface area contributed by atoms with Crippen molar-refractivity contribution in [2.75, 3.05) is 32.7 Å². The van der Waals surface area contributed by atoms with Gasteiger partial charge in [0.2, 0.25) is 0 Å². The van der Waals surface area contributed by atoms with Gasteiger partial charge in [-0.2, -0.15) is 0 Å². The van der Waals surface area contributed by atoms with E-state index in [4.69, 9.17) is 15.2 Å². The van der Waals surface area contributed by atoms with Crippen molar-refractivity contribution in [1.29, 1.82) is 0 Å². The van der Waals surface area contributed by atoms with Gasteiger partial charge in [-0.15, -0.1) is 0 Å². The second-order valence-corrected chi connectivity index (χ2v) is 4.10. The Bertz CT molecular complexity index is 338. The van der Waals surface area contributed by atoms with E-state index >= 15 is 0 Å². The minimum Gasteiger partial charge on any atom is -0.495 e. The van der Waals surface area contributed by atoms with Crippen molar-refractivity contribution in [3.05, 3.63) is 24.3 Å². The third-order valence-corrected chi connectivity index (χ3v) is 2.99. The van der Waals surface area contributed by atoms with Crippen molar-refractivity contribution in [2.24, 2.45) is 5.73 Å². The fourth-order valence-corrected chi connectivity index (χ4v) is 1.79. The van der Waals surface area contributed by atoms with Crippen LogP contribution in [0.1, 0.15) is 13.3 Å². The van der Waals surface area contributed by atoms with Crippen LogP contribution in [0.4, 0.5) is 5.69 Å². The molecule has 0 radical (unpaired) electrons. The number of rotatable bonds is 7. The SMILES string of the molecule is CCC(CN)(COC)Nc1ccccc1OC. The number of anilines is 1. The van der Waals surface area contributed by atoms with Crippen LogP contribution in [0.25, 0.3) is 0 Å². The monoisotopic (exact) mass is 238 g/mol. The average Bonchev–Trinajstić information content (AvgIpc) is 2.38. The first-order valence-corrected chi connectivity index (χ1v) is 5.81. The van der Waals surface area contributed by atoms with Crippen molar-refractivity contribution in [3.63, 3.8) is 0 Å². The highest BCUT2D eigenvalue weighted by atomic mass is 16.5. The molecule has 0 spiro atoms. The Morgan fingerprint density at radius 3 is 2.53 bits per heavy atom. The standard InChI is InChI=1S/C13H22N2O2/c1-4-13(9-14,10-16-2)15-11-7-5-6-8-12(11)17-3/h5-8,15H,4,9-10,14H2,1-3H3. The van der Waals surface area contributed by atoms with Crippen molar-refractivity contribution < 1.29 is 9.47 Å². The smallest absolute Gasteiger partial charge is 0.141 e. The Hall–Kier alpha value is -1.26. The molecule has 1 rings (SSSR count). The summed E-state index contributed by atoms with van der Waals surface area (Å²) in [5, 5.41) is 3.44. The molecule has 0 fully saturated rings. The summed E-state index contributed by atoms with van der Waals surface area (Å²) < 4.78 is 10.6. The summed E-state index contributed by atoms with van der Waals surface area (Å²) in [5.41, 5.74) is 6.56. The zero-order chi connectivity index (χ0) is 12.7. The van der Waals surface area contributed by atoms with Crippen molar-refractivity contribution >= 4 is 5.69 Å². The number of nitrogens with one attached hydrogen (secondary N) is 1. The summed E-state index contributed by atoms with van der Waals surface area (Å²) in [6, 6.07) is 7.81. The van der Waals surface area contributed by atoms with Gasteiger partial charge < -0.3 is 20.5 Å². The molecule has 0 aliphatic heterocycles. The van der Waals surface area contributed by atoms with E-state index < -0.39 is 0 Å². The van der Waals surface area contributed by atoms with Gasteiger partial charge in [-0.1, -0.05) is 19.1 Å². The molecule has 0 amide bonds. The summed E-state index contributed by atoms with van der Waals surface area (Å²) in [7, 11) is 3.34. The largest absolute Gasteiger partial charge is 0.495 e. The molecule has 0 bridgehead atoms. The van der Waals surface area contributed by atoms with Crippen LogP contribution in [0.3, 0.4) is 0 Å². The molecule has 4 nitrogen and oxygen atoms in total. The van der Waals surface area contributed by atoms with Crippen molar-refractivity contribution in [1.82, 2.24) is 0 Å². The average molecular weight is 238 g/mol. The number of methoxy groups -OCH3 is 2. The minimum atomic E-state index is -0.247. The molecule has 96 valence electrons. The highest BCUT2D eigenvalue weighted by molar-refractivity contribution is 5.57. The highest BCUT2D eigenvalue weighted by Crippen LogP contribution is 2.27. The Balaban J connectivity index is 2.92. The van der Waals surface area contributed by atoms with E-state index in [9.17, 15) is 0 Å². The predicted molar refractivity (Wildman–Crippen MR) is 70.6 cm³/mol. The van der Waals surface area contributed by atoms with E-state index in [1.165, 1.54) is 0 Å². The van der Waals surface area contributed by atoms with E-state index in [0.29, 0.717) is 13.2 Å². The molecule has 0 saturated heterocycles. The number of benzene rings is 1. The van der Waals surface area contributed by atoms with Crippen LogP contribution < -0.4 is 15.8 Å². The van der Waals surface area contributed by atoms with Crippen molar-refractivity contribution in [2.45, 2.75) is 18.9 Å². The van der Waals surface area contributed by atoms with Gasteiger partial charge in [0.1, 0.15) is 5.75 Å². The normalized spacial score (nSPS) is 14.1. The zero-order valence-electron chi connectivity index (χ0n) is 10.8. The summed E-state index contributed by atoms with van der Waals surface area (Å²) in [6.45, 7) is 3.17. The lowest BCUT2D eigenvalue weighted by Gasteiger charge is -2.33. The van der Waals surface area contributed by atoms with Gasteiger partial charge >= 0.3 is 0 Å². The maximum atomic E-state index is 5.86. The number of nitrogens with two attached hydrogens (primary N) is 1. The van der Waals surface area contributed by atoms with Crippen LogP contribution in [0.5, 0.6) is 5.75 Å². The summed E-state index contributed by atoms with van der Waals surface area (Å²) >= 11 is 0. The minimum absolute atomic E-state index is 0.247. The molecule has 0 aliphatic carbocycles. The van der Waals surface area contributed by atoms with E-state index in [-0.39, 0.29) is 5.54 Å². The maximum absolute atomic E-state index is 5.86. The fraction of sp³-hybridized carbons (Fsp3) is 0.538. The number of hydrogen-bond acceptors (Lipinski definition) is 4. The Labute approximate surface area is 103 Å². The van der Waals surface area contributed by atoms with Crippen LogP contribution >= 0.6 is 0 Å². The molecule has 1 aromatic rings. The lowest BCUT2D eigenvalue weighted by atomic mass is 9.96. The van der Waals surface area contributed by atoms with E-state index in [1.54, 1.807) is 14.2 Å². The topological polar surface area (TPSA) is 56.5 Å². The lowest BCUT2D eigenvalue weighted by molar-refractivity contribution is 0.143. The third kappa shape index (κ3) is 3.35. The molecule has 1 atom stereocenters. The molecule has 0 heterocycles. The Morgan fingerprint density at radius 1 is 1.29 bits per heavy atom. The van der Waals surface area contributed by atoms with E-state index in [1.807, 2.05) is 24.3 Å². The van der Waals surface area contributed by atoms with Gasteiger partial charge in [0.15, 0.2) is 0 Å². The number of ether oxygens (including phenoxy) is 2. The molecule has 17 heavy (non-hydrogen) atoms. The zero-order valence-corrected chi connectivity index (χ0v) is 10.8. The van der Waals surface area contributed by atoms with Gasteiger partial charge in [-0.05, 0) is 18.6 Å².